The Morgan fingerprint density at radius 3 is 2.64 bits per heavy atom. The number of rotatable bonds is 7. The molecule has 1 heterocycles. The highest BCUT2D eigenvalue weighted by Crippen LogP contribution is 2.20. The average molecular weight is 368 g/mol. The van der Waals surface area contributed by atoms with E-state index in [2.05, 4.69) is 17.2 Å². The zero-order valence-electron chi connectivity index (χ0n) is 13.9. The summed E-state index contributed by atoms with van der Waals surface area (Å²) >= 11 is 5.82. The highest BCUT2D eigenvalue weighted by molar-refractivity contribution is 6.30. The zero-order valence-corrected chi connectivity index (χ0v) is 14.7. The lowest BCUT2D eigenvalue weighted by Crippen LogP contribution is -2.62. The number of nitrogens with zero attached hydrogens (tertiary/aromatic N) is 1. The van der Waals surface area contributed by atoms with Crippen LogP contribution >= 0.6 is 11.6 Å². The van der Waals surface area contributed by atoms with Crippen LogP contribution < -0.4 is 15.4 Å². The standard InChI is InChI=1S/C17H22ClN3O4/c1-3-8-19-16(23)15(11(2)22)20-17(24)21-9-14(10-21)25-13-6-4-12(18)5-7-13/h3-7,11,14-15,22H,1,8-10H2,2H3,(H,19,23)(H,20,24)/t11-,15?/m1/s1. The van der Waals surface area contributed by atoms with Crippen molar-refractivity contribution in [2.24, 2.45) is 0 Å². The first-order valence-corrected chi connectivity index (χ1v) is 8.33. The number of aliphatic hydroxyl groups is 1. The van der Waals surface area contributed by atoms with Gasteiger partial charge in [0.15, 0.2) is 0 Å². The number of nitrogens with one attached hydrogen (secondary N) is 2. The Morgan fingerprint density at radius 1 is 1.44 bits per heavy atom. The zero-order chi connectivity index (χ0) is 18.4. The Bertz CT molecular complexity index is 615. The van der Waals surface area contributed by atoms with E-state index in [0.29, 0.717) is 23.9 Å². The Balaban J connectivity index is 1.80. The molecule has 1 fully saturated rings. The van der Waals surface area contributed by atoms with Gasteiger partial charge in [-0.2, -0.15) is 0 Å². The molecule has 7 nitrogen and oxygen atoms in total. The smallest absolute Gasteiger partial charge is 0.318 e. The number of hydrogen-bond donors (Lipinski definition) is 3. The second kappa shape index (κ2) is 8.73. The molecule has 0 aliphatic carbocycles. The van der Waals surface area contributed by atoms with Crippen molar-refractivity contribution >= 4 is 23.5 Å². The molecule has 0 saturated carbocycles. The van der Waals surface area contributed by atoms with E-state index in [0.717, 1.165) is 0 Å². The van der Waals surface area contributed by atoms with Crippen molar-refractivity contribution in [2.75, 3.05) is 19.6 Å². The molecule has 0 aromatic heterocycles. The first kappa shape index (κ1) is 19.1. The normalized spacial score (nSPS) is 16.4. The Kier molecular flexibility index (Phi) is 6.66. The van der Waals surface area contributed by atoms with Gasteiger partial charge in [0.2, 0.25) is 5.91 Å². The molecule has 1 unspecified atom stereocenters. The van der Waals surface area contributed by atoms with Gasteiger partial charge in [0.05, 0.1) is 19.2 Å². The number of carbonyl (C=O) groups is 2. The van der Waals surface area contributed by atoms with E-state index in [-0.39, 0.29) is 12.6 Å². The van der Waals surface area contributed by atoms with Crippen LogP contribution in [0.25, 0.3) is 0 Å². The minimum absolute atomic E-state index is 0.119. The maximum Gasteiger partial charge on any atom is 0.318 e. The molecule has 0 spiro atoms. The van der Waals surface area contributed by atoms with Gasteiger partial charge < -0.3 is 25.4 Å². The molecule has 1 aliphatic rings. The van der Waals surface area contributed by atoms with Crippen molar-refractivity contribution < 1.29 is 19.4 Å². The third kappa shape index (κ3) is 5.37. The van der Waals surface area contributed by atoms with Crippen LogP contribution in [0.15, 0.2) is 36.9 Å². The number of hydrogen-bond acceptors (Lipinski definition) is 4. The molecule has 0 radical (unpaired) electrons. The van der Waals surface area contributed by atoms with E-state index in [4.69, 9.17) is 16.3 Å². The third-order valence-corrected chi connectivity index (χ3v) is 3.97. The van der Waals surface area contributed by atoms with Crippen molar-refractivity contribution in [3.63, 3.8) is 0 Å². The fraction of sp³-hybridized carbons (Fsp3) is 0.412. The first-order valence-electron chi connectivity index (χ1n) is 7.95. The van der Waals surface area contributed by atoms with Crippen LogP contribution in [-0.2, 0) is 4.79 Å². The van der Waals surface area contributed by atoms with Crippen molar-refractivity contribution in [2.45, 2.75) is 25.2 Å². The van der Waals surface area contributed by atoms with E-state index in [1.54, 1.807) is 24.3 Å². The molecule has 1 aromatic rings. The fourth-order valence-electron chi connectivity index (χ4n) is 2.30. The first-order chi connectivity index (χ1) is 11.9. The summed E-state index contributed by atoms with van der Waals surface area (Å²) < 4.78 is 5.72. The van der Waals surface area contributed by atoms with Gasteiger partial charge in [-0.3, -0.25) is 4.79 Å². The van der Waals surface area contributed by atoms with Gasteiger partial charge >= 0.3 is 6.03 Å². The lowest BCUT2D eigenvalue weighted by Gasteiger charge is -2.39. The SMILES string of the molecule is C=CCNC(=O)C(NC(=O)N1CC(Oc2ccc(Cl)cc2)C1)[C@@H](C)O. The van der Waals surface area contributed by atoms with Crippen molar-refractivity contribution in [3.8, 4) is 5.75 Å². The Hall–Kier alpha value is -2.25. The number of aliphatic hydroxyl groups excluding tert-OH is 1. The highest BCUT2D eigenvalue weighted by atomic mass is 35.5. The molecular formula is C17H22ClN3O4. The lowest BCUT2D eigenvalue weighted by molar-refractivity contribution is -0.125. The maximum atomic E-state index is 12.2. The van der Waals surface area contributed by atoms with E-state index >= 15 is 0 Å². The molecule has 3 N–H and O–H groups in total. The van der Waals surface area contributed by atoms with Gasteiger partial charge in [-0.05, 0) is 31.2 Å². The monoisotopic (exact) mass is 367 g/mol. The quantitative estimate of drug-likeness (QED) is 0.631. The molecule has 25 heavy (non-hydrogen) atoms. The highest BCUT2D eigenvalue weighted by Gasteiger charge is 2.35. The number of carbonyl (C=O) groups excluding carboxylic acids is 2. The van der Waals surface area contributed by atoms with Gasteiger partial charge in [-0.25, -0.2) is 4.79 Å². The molecule has 1 saturated heterocycles. The van der Waals surface area contributed by atoms with Crippen LogP contribution in [0, 0.1) is 0 Å². The maximum absolute atomic E-state index is 12.2. The Labute approximate surface area is 151 Å². The van der Waals surface area contributed by atoms with E-state index in [9.17, 15) is 14.7 Å². The summed E-state index contributed by atoms with van der Waals surface area (Å²) in [5.41, 5.74) is 0. The number of halogens is 1. The minimum atomic E-state index is -1.02. The van der Waals surface area contributed by atoms with Crippen LogP contribution in [0.2, 0.25) is 5.02 Å². The van der Waals surface area contributed by atoms with Crippen LogP contribution in [0.5, 0.6) is 5.75 Å². The van der Waals surface area contributed by atoms with Gasteiger partial charge in [0.25, 0.3) is 0 Å². The molecular weight excluding hydrogens is 346 g/mol. The fourth-order valence-corrected chi connectivity index (χ4v) is 2.42. The van der Waals surface area contributed by atoms with Crippen molar-refractivity contribution in [1.29, 1.82) is 0 Å². The molecule has 136 valence electrons. The van der Waals surface area contributed by atoms with Gasteiger partial charge in [-0.1, -0.05) is 17.7 Å². The van der Waals surface area contributed by atoms with E-state index in [1.165, 1.54) is 17.9 Å². The number of urea groups is 1. The average Bonchev–Trinajstić information content (AvgIpc) is 2.54. The summed E-state index contributed by atoms with van der Waals surface area (Å²) in [6.45, 7) is 6.01. The predicted octanol–water partition coefficient (Wildman–Crippen LogP) is 1.16. The second-order valence-electron chi connectivity index (χ2n) is 5.80. The van der Waals surface area contributed by atoms with E-state index < -0.39 is 24.1 Å². The molecule has 3 amide bonds. The van der Waals surface area contributed by atoms with E-state index in [1.807, 2.05) is 0 Å². The van der Waals surface area contributed by atoms with Gasteiger partial charge in [0, 0.05) is 11.6 Å². The molecule has 1 aromatic carbocycles. The predicted molar refractivity (Wildman–Crippen MR) is 94.6 cm³/mol. The molecule has 1 aliphatic heterocycles. The van der Waals surface area contributed by atoms with Crippen molar-refractivity contribution in [1.82, 2.24) is 15.5 Å². The molecule has 0 bridgehead atoms. The third-order valence-electron chi connectivity index (χ3n) is 3.72. The van der Waals surface area contributed by atoms with Gasteiger partial charge in [0.1, 0.15) is 17.9 Å². The minimum Gasteiger partial charge on any atom is -0.487 e. The number of likely N-dealkylation sites (tertiary alicyclic amines) is 1. The van der Waals surface area contributed by atoms with Gasteiger partial charge in [-0.15, -0.1) is 6.58 Å². The lowest BCUT2D eigenvalue weighted by atomic mass is 10.1. The number of amides is 3. The topological polar surface area (TPSA) is 90.9 Å². The van der Waals surface area contributed by atoms with Crippen LogP contribution in [0.4, 0.5) is 4.79 Å². The molecule has 2 rings (SSSR count). The second-order valence-corrected chi connectivity index (χ2v) is 6.24. The number of ether oxygens (including phenoxy) is 1. The summed E-state index contributed by atoms with van der Waals surface area (Å²) in [7, 11) is 0. The summed E-state index contributed by atoms with van der Waals surface area (Å²) in [4.78, 5) is 25.7. The van der Waals surface area contributed by atoms with Crippen LogP contribution in [0.3, 0.4) is 0 Å². The largest absolute Gasteiger partial charge is 0.487 e. The molecule has 2 atom stereocenters. The summed E-state index contributed by atoms with van der Waals surface area (Å²) in [5, 5.41) is 15.4. The van der Waals surface area contributed by atoms with Crippen LogP contribution in [0.1, 0.15) is 6.92 Å². The Morgan fingerprint density at radius 2 is 2.08 bits per heavy atom. The van der Waals surface area contributed by atoms with Crippen LogP contribution in [-0.4, -0.2) is 59.8 Å². The summed E-state index contributed by atoms with van der Waals surface area (Å²) in [6, 6.07) is 5.54. The molecule has 8 heteroatoms. The van der Waals surface area contributed by atoms with Crippen molar-refractivity contribution in [3.05, 3.63) is 41.9 Å². The summed E-state index contributed by atoms with van der Waals surface area (Å²) in [6.07, 6.45) is 0.384. The summed E-state index contributed by atoms with van der Waals surface area (Å²) in [5.74, 6) is 0.220. The number of benzene rings is 1.